The number of rotatable bonds is 4. The van der Waals surface area contributed by atoms with Crippen molar-refractivity contribution in [1.29, 1.82) is 5.26 Å². The third-order valence-corrected chi connectivity index (χ3v) is 5.59. The van der Waals surface area contributed by atoms with E-state index in [9.17, 15) is 14.4 Å². The van der Waals surface area contributed by atoms with Crippen LogP contribution in [0.15, 0.2) is 42.5 Å². The fraction of sp³-hybridized carbons (Fsp3) is 0.273. The molecule has 1 heterocycles. The number of hydrogen-bond donors (Lipinski definition) is 1. The van der Waals surface area contributed by atoms with Gasteiger partial charge in [-0.3, -0.25) is 14.5 Å². The number of nitrogens with zero attached hydrogens (tertiary/aromatic N) is 2. The van der Waals surface area contributed by atoms with Gasteiger partial charge in [0.2, 0.25) is 0 Å². The van der Waals surface area contributed by atoms with Crippen molar-refractivity contribution in [2.45, 2.75) is 31.7 Å². The van der Waals surface area contributed by atoms with E-state index in [1.165, 1.54) is 11.1 Å². The molecule has 0 aromatic heterocycles. The van der Waals surface area contributed by atoms with Crippen LogP contribution in [0, 0.1) is 11.3 Å². The van der Waals surface area contributed by atoms with Gasteiger partial charge in [0.05, 0.1) is 18.2 Å². The molecule has 2 aromatic carbocycles. The molecule has 4 rings (SSSR count). The van der Waals surface area contributed by atoms with E-state index in [2.05, 4.69) is 5.32 Å². The molecule has 2 aromatic rings. The van der Waals surface area contributed by atoms with Gasteiger partial charge in [0.15, 0.2) is 5.78 Å². The van der Waals surface area contributed by atoms with Crippen LogP contribution in [0.25, 0.3) is 0 Å². The van der Waals surface area contributed by atoms with Crippen LogP contribution in [0.2, 0.25) is 0 Å². The van der Waals surface area contributed by atoms with Gasteiger partial charge in [-0.2, -0.15) is 5.26 Å². The van der Waals surface area contributed by atoms with Crippen molar-refractivity contribution in [1.82, 2.24) is 10.2 Å². The normalized spacial score (nSPS) is 20.6. The first-order valence-electron chi connectivity index (χ1n) is 9.22. The van der Waals surface area contributed by atoms with Crippen molar-refractivity contribution in [3.8, 4) is 6.07 Å². The Morgan fingerprint density at radius 3 is 2.57 bits per heavy atom. The molecule has 0 saturated carbocycles. The molecule has 140 valence electrons. The molecule has 6 nitrogen and oxygen atoms in total. The average molecular weight is 373 g/mol. The topological polar surface area (TPSA) is 90.3 Å². The number of nitrogens with one attached hydrogen (secondary N) is 1. The van der Waals surface area contributed by atoms with E-state index in [0.717, 1.165) is 24.2 Å². The maximum Gasteiger partial charge on any atom is 0.325 e. The third kappa shape index (κ3) is 2.85. The molecule has 1 fully saturated rings. The van der Waals surface area contributed by atoms with E-state index in [0.29, 0.717) is 16.7 Å². The van der Waals surface area contributed by atoms with Crippen molar-refractivity contribution >= 4 is 17.7 Å². The minimum atomic E-state index is -1.26. The van der Waals surface area contributed by atoms with Crippen LogP contribution in [-0.2, 0) is 23.2 Å². The first-order chi connectivity index (χ1) is 13.4. The first kappa shape index (κ1) is 17.9. The zero-order valence-electron chi connectivity index (χ0n) is 15.5. The number of hydrogen-bond acceptors (Lipinski definition) is 4. The van der Waals surface area contributed by atoms with E-state index >= 15 is 0 Å². The molecule has 1 aliphatic carbocycles. The molecule has 1 N–H and O–H groups in total. The molecule has 2 aliphatic rings. The minimum absolute atomic E-state index is 0.262. The monoisotopic (exact) mass is 373 g/mol. The molecule has 0 radical (unpaired) electrons. The number of Topliss-reactive ketones (excluding diaryl/α,β-unsaturated/α-hetero) is 1. The van der Waals surface area contributed by atoms with E-state index in [4.69, 9.17) is 5.26 Å². The Hall–Kier alpha value is -3.46. The highest BCUT2D eigenvalue weighted by molar-refractivity contribution is 6.11. The van der Waals surface area contributed by atoms with Crippen molar-refractivity contribution in [3.05, 3.63) is 70.3 Å². The van der Waals surface area contributed by atoms with Crippen LogP contribution in [-0.4, -0.2) is 29.2 Å². The number of fused-ring (bicyclic) bond motifs is 1. The van der Waals surface area contributed by atoms with Gasteiger partial charge in [0.25, 0.3) is 5.91 Å². The van der Waals surface area contributed by atoms with E-state index in [1.807, 2.05) is 18.2 Å². The number of imide groups is 1. The summed E-state index contributed by atoms with van der Waals surface area (Å²) in [6.45, 7) is 1.31. The number of urea groups is 1. The second-order valence-corrected chi connectivity index (χ2v) is 7.40. The van der Waals surface area contributed by atoms with Gasteiger partial charge >= 0.3 is 6.03 Å². The SMILES string of the molecule is C[C@]1(c2ccc(C#N)cc2)NC(=O)N(CC(=O)c2ccc3c(c2)CCC3)C1=O. The quantitative estimate of drug-likeness (QED) is 0.659. The van der Waals surface area contributed by atoms with Gasteiger partial charge in [-0.1, -0.05) is 24.3 Å². The molecular formula is C22H19N3O3. The van der Waals surface area contributed by atoms with Gasteiger partial charge in [0, 0.05) is 5.56 Å². The van der Waals surface area contributed by atoms with Crippen LogP contribution >= 0.6 is 0 Å². The third-order valence-electron chi connectivity index (χ3n) is 5.59. The Morgan fingerprint density at radius 2 is 1.86 bits per heavy atom. The van der Waals surface area contributed by atoms with Crippen molar-refractivity contribution in [2.24, 2.45) is 0 Å². The maximum atomic E-state index is 13.0. The second kappa shape index (κ2) is 6.61. The largest absolute Gasteiger partial charge is 0.325 e. The Kier molecular flexibility index (Phi) is 4.23. The summed E-state index contributed by atoms with van der Waals surface area (Å²) in [5, 5.41) is 11.6. The van der Waals surface area contributed by atoms with Gasteiger partial charge in [-0.15, -0.1) is 0 Å². The second-order valence-electron chi connectivity index (χ2n) is 7.40. The lowest BCUT2D eigenvalue weighted by Gasteiger charge is -2.22. The van der Waals surface area contributed by atoms with Crippen molar-refractivity contribution < 1.29 is 14.4 Å². The summed E-state index contributed by atoms with van der Waals surface area (Å²) in [7, 11) is 0. The number of carbonyl (C=O) groups excluding carboxylic acids is 3. The molecule has 0 spiro atoms. The van der Waals surface area contributed by atoms with Gasteiger partial charge in [0.1, 0.15) is 5.54 Å². The standard InChI is InChI=1S/C22H19N3O3/c1-22(18-9-5-14(12-23)6-10-18)20(27)25(21(28)24-22)13-19(26)17-8-7-15-3-2-4-16(15)11-17/h5-11H,2-4,13H2,1H3,(H,24,28)/t22-/m1/s1. The lowest BCUT2D eigenvalue weighted by molar-refractivity contribution is -0.130. The Morgan fingerprint density at radius 1 is 1.14 bits per heavy atom. The number of aryl methyl sites for hydroxylation is 2. The molecule has 6 heteroatoms. The molecule has 28 heavy (non-hydrogen) atoms. The Bertz CT molecular complexity index is 1040. The predicted molar refractivity (Wildman–Crippen MR) is 102 cm³/mol. The fourth-order valence-corrected chi connectivity index (χ4v) is 3.89. The van der Waals surface area contributed by atoms with Gasteiger partial charge in [-0.05, 0) is 61.1 Å². The number of amides is 3. The van der Waals surface area contributed by atoms with E-state index in [1.54, 1.807) is 37.3 Å². The summed E-state index contributed by atoms with van der Waals surface area (Å²) < 4.78 is 0. The van der Waals surface area contributed by atoms with E-state index < -0.39 is 17.5 Å². The van der Waals surface area contributed by atoms with E-state index in [-0.39, 0.29) is 12.3 Å². The first-order valence-corrected chi connectivity index (χ1v) is 9.22. The molecule has 3 amide bonds. The van der Waals surface area contributed by atoms with Crippen LogP contribution in [0.1, 0.15) is 46.0 Å². The number of nitriles is 1. The van der Waals surface area contributed by atoms with Gasteiger partial charge in [-0.25, -0.2) is 4.79 Å². The molecular weight excluding hydrogens is 354 g/mol. The summed E-state index contributed by atoms with van der Waals surface area (Å²) in [4.78, 5) is 39.1. The maximum absolute atomic E-state index is 13.0. The minimum Gasteiger partial charge on any atom is -0.319 e. The summed E-state index contributed by atoms with van der Waals surface area (Å²) in [6, 6.07) is 13.5. The fourth-order valence-electron chi connectivity index (χ4n) is 3.89. The summed E-state index contributed by atoms with van der Waals surface area (Å²) >= 11 is 0. The zero-order chi connectivity index (χ0) is 19.9. The summed E-state index contributed by atoms with van der Waals surface area (Å²) in [6.07, 6.45) is 3.07. The predicted octanol–water partition coefficient (Wildman–Crippen LogP) is 2.70. The van der Waals surface area contributed by atoms with Crippen LogP contribution in [0.3, 0.4) is 0 Å². The lowest BCUT2D eigenvalue weighted by Crippen LogP contribution is -2.41. The zero-order valence-corrected chi connectivity index (χ0v) is 15.5. The average Bonchev–Trinajstić information content (AvgIpc) is 3.26. The number of ketones is 1. The number of carbonyl (C=O) groups is 3. The molecule has 0 bridgehead atoms. The Balaban J connectivity index is 1.55. The highest BCUT2D eigenvalue weighted by atomic mass is 16.2. The highest BCUT2D eigenvalue weighted by Crippen LogP contribution is 2.29. The Labute approximate surface area is 162 Å². The molecule has 0 unspecified atom stereocenters. The van der Waals surface area contributed by atoms with Gasteiger partial charge < -0.3 is 5.32 Å². The van der Waals surface area contributed by atoms with Crippen molar-refractivity contribution in [3.63, 3.8) is 0 Å². The summed E-state index contributed by atoms with van der Waals surface area (Å²) in [5.41, 5.74) is 2.73. The molecule has 1 atom stereocenters. The summed E-state index contributed by atoms with van der Waals surface area (Å²) in [5.74, 6) is -0.737. The smallest absolute Gasteiger partial charge is 0.319 e. The lowest BCUT2D eigenvalue weighted by atomic mass is 9.91. The van der Waals surface area contributed by atoms with Crippen LogP contribution in [0.4, 0.5) is 4.79 Å². The molecule has 1 saturated heterocycles. The number of benzene rings is 2. The highest BCUT2D eigenvalue weighted by Gasteiger charge is 2.49. The van der Waals surface area contributed by atoms with Crippen LogP contribution < -0.4 is 5.32 Å². The van der Waals surface area contributed by atoms with Crippen LogP contribution in [0.5, 0.6) is 0 Å². The molecule has 1 aliphatic heterocycles. The van der Waals surface area contributed by atoms with Crippen molar-refractivity contribution in [2.75, 3.05) is 6.54 Å².